The number of halogens is 1. The van der Waals surface area contributed by atoms with Crippen molar-refractivity contribution >= 4 is 18.4 Å². The molecule has 0 saturated heterocycles. The molecule has 1 aromatic carbocycles. The minimum absolute atomic E-state index is 0. The van der Waals surface area contributed by atoms with Crippen LogP contribution in [0.5, 0.6) is 5.75 Å². The Morgan fingerprint density at radius 3 is 2.50 bits per heavy atom. The van der Waals surface area contributed by atoms with Crippen molar-refractivity contribution in [3.05, 3.63) is 29.3 Å². The summed E-state index contributed by atoms with van der Waals surface area (Å²) in [5.41, 5.74) is 6.46. The van der Waals surface area contributed by atoms with Crippen molar-refractivity contribution in [3.8, 4) is 5.75 Å². The van der Waals surface area contributed by atoms with Crippen molar-refractivity contribution in [2.24, 2.45) is 11.1 Å². The van der Waals surface area contributed by atoms with Gasteiger partial charge in [-0.2, -0.15) is 0 Å². The average Bonchev–Trinajstić information content (AvgIpc) is 2.30. The van der Waals surface area contributed by atoms with E-state index >= 15 is 0 Å². The van der Waals surface area contributed by atoms with E-state index in [2.05, 4.69) is 0 Å². The molecule has 0 radical (unpaired) electrons. The van der Waals surface area contributed by atoms with Crippen molar-refractivity contribution < 1.29 is 14.6 Å². The van der Waals surface area contributed by atoms with Crippen LogP contribution < -0.4 is 5.73 Å². The molecule has 0 spiro atoms. The van der Waals surface area contributed by atoms with Crippen LogP contribution in [-0.4, -0.2) is 18.2 Å². The van der Waals surface area contributed by atoms with E-state index in [4.69, 9.17) is 10.5 Å². The van der Waals surface area contributed by atoms with Gasteiger partial charge in [0.15, 0.2) is 0 Å². The zero-order valence-electron chi connectivity index (χ0n) is 11.1. The number of hydrogen-bond acceptors (Lipinski definition) is 4. The highest BCUT2D eigenvalue weighted by Gasteiger charge is 2.37. The maximum Gasteiger partial charge on any atom is 0.313 e. The van der Waals surface area contributed by atoms with Crippen LogP contribution in [-0.2, 0) is 9.53 Å². The van der Waals surface area contributed by atoms with E-state index in [1.54, 1.807) is 39.0 Å². The van der Waals surface area contributed by atoms with Crippen LogP contribution >= 0.6 is 12.4 Å². The number of phenols is 1. The van der Waals surface area contributed by atoms with Crippen molar-refractivity contribution in [1.82, 2.24) is 0 Å². The number of nitrogens with two attached hydrogens (primary N) is 1. The summed E-state index contributed by atoms with van der Waals surface area (Å²) in [6.45, 7) is 5.19. The number of phenolic OH excluding ortho intramolecular Hbond substituents is 1. The van der Waals surface area contributed by atoms with Gasteiger partial charge in [-0.15, -0.1) is 12.4 Å². The summed E-state index contributed by atoms with van der Waals surface area (Å²) in [6.07, 6.45) is 0. The summed E-state index contributed by atoms with van der Waals surface area (Å²) in [6, 6.07) is 4.70. The fraction of sp³-hybridized carbons (Fsp3) is 0.462. The van der Waals surface area contributed by atoms with E-state index in [9.17, 15) is 9.90 Å². The van der Waals surface area contributed by atoms with Crippen LogP contribution in [0.15, 0.2) is 18.2 Å². The number of para-hydroxylation sites is 1. The Hall–Kier alpha value is -1.26. The number of benzene rings is 1. The molecule has 0 amide bonds. The second-order valence-electron chi connectivity index (χ2n) is 4.70. The molecule has 102 valence electrons. The normalized spacial score (nSPS) is 12.5. The zero-order chi connectivity index (χ0) is 13.2. The van der Waals surface area contributed by atoms with Gasteiger partial charge >= 0.3 is 5.97 Å². The van der Waals surface area contributed by atoms with Crippen LogP contribution in [0.4, 0.5) is 0 Å². The third-order valence-corrected chi connectivity index (χ3v) is 3.09. The van der Waals surface area contributed by atoms with Gasteiger partial charge in [-0.25, -0.2) is 0 Å². The van der Waals surface area contributed by atoms with E-state index < -0.39 is 17.4 Å². The molecule has 0 bridgehead atoms. The molecular formula is C13H20ClNO3. The van der Waals surface area contributed by atoms with Gasteiger partial charge in [-0.1, -0.05) is 18.2 Å². The molecule has 0 aliphatic rings. The fourth-order valence-corrected chi connectivity index (χ4v) is 1.71. The third-order valence-electron chi connectivity index (χ3n) is 3.09. The minimum atomic E-state index is -0.889. The van der Waals surface area contributed by atoms with Crippen LogP contribution in [0.2, 0.25) is 0 Å². The molecule has 0 fully saturated rings. The van der Waals surface area contributed by atoms with E-state index in [1.165, 1.54) is 7.11 Å². The Bertz CT molecular complexity index is 432. The molecule has 4 nitrogen and oxygen atoms in total. The molecule has 3 N–H and O–H groups in total. The van der Waals surface area contributed by atoms with E-state index in [-0.39, 0.29) is 18.2 Å². The van der Waals surface area contributed by atoms with Crippen LogP contribution in [0.25, 0.3) is 0 Å². The molecule has 5 heteroatoms. The van der Waals surface area contributed by atoms with Crippen LogP contribution in [0.3, 0.4) is 0 Å². The van der Waals surface area contributed by atoms with E-state index in [0.717, 1.165) is 5.56 Å². The second-order valence-corrected chi connectivity index (χ2v) is 4.70. The Labute approximate surface area is 114 Å². The molecule has 1 aromatic rings. The predicted molar refractivity (Wildman–Crippen MR) is 72.8 cm³/mol. The number of aryl methyl sites for hydroxylation is 1. The van der Waals surface area contributed by atoms with Crippen molar-refractivity contribution in [1.29, 1.82) is 0 Å². The van der Waals surface area contributed by atoms with E-state index in [0.29, 0.717) is 5.56 Å². The maximum atomic E-state index is 11.7. The number of aromatic hydroxyl groups is 1. The third kappa shape index (κ3) is 2.94. The molecule has 0 aliphatic carbocycles. The highest BCUT2D eigenvalue weighted by Crippen LogP contribution is 2.37. The summed E-state index contributed by atoms with van der Waals surface area (Å²) >= 11 is 0. The largest absolute Gasteiger partial charge is 0.507 e. The Morgan fingerprint density at radius 1 is 1.44 bits per heavy atom. The summed E-state index contributed by atoms with van der Waals surface area (Å²) in [7, 11) is 1.33. The molecule has 1 atom stereocenters. The van der Waals surface area contributed by atoms with Gasteiger partial charge in [0.25, 0.3) is 0 Å². The standard InChI is InChI=1S/C13H19NO3.ClH/c1-8-6-5-7-9(10(8)15)11(14)13(2,3)12(16)17-4;/h5-7,11,15H,14H2,1-4H3;1H/t11-;/m0./s1. The summed E-state index contributed by atoms with van der Waals surface area (Å²) in [5, 5.41) is 9.95. The number of ether oxygens (including phenoxy) is 1. The summed E-state index contributed by atoms with van der Waals surface area (Å²) < 4.78 is 4.73. The maximum absolute atomic E-state index is 11.7. The smallest absolute Gasteiger partial charge is 0.313 e. The quantitative estimate of drug-likeness (QED) is 0.829. The van der Waals surface area contributed by atoms with E-state index in [1.807, 2.05) is 0 Å². The lowest BCUT2D eigenvalue weighted by molar-refractivity contribution is -0.152. The van der Waals surface area contributed by atoms with Gasteiger partial charge in [0.05, 0.1) is 12.5 Å². The van der Waals surface area contributed by atoms with Crippen molar-refractivity contribution in [2.45, 2.75) is 26.8 Å². The molecule has 18 heavy (non-hydrogen) atoms. The number of rotatable bonds is 3. The molecule has 1 rings (SSSR count). The van der Waals surface area contributed by atoms with Gasteiger partial charge in [0.2, 0.25) is 0 Å². The molecular weight excluding hydrogens is 254 g/mol. The zero-order valence-corrected chi connectivity index (χ0v) is 11.9. The number of hydrogen-bond donors (Lipinski definition) is 2. The Balaban J connectivity index is 0.00000289. The lowest BCUT2D eigenvalue weighted by atomic mass is 9.80. The van der Waals surface area contributed by atoms with Gasteiger partial charge in [0, 0.05) is 11.6 Å². The van der Waals surface area contributed by atoms with Gasteiger partial charge in [-0.3, -0.25) is 4.79 Å². The highest BCUT2D eigenvalue weighted by atomic mass is 35.5. The summed E-state index contributed by atoms with van der Waals surface area (Å²) in [5.74, 6) is -0.261. The molecule has 0 heterocycles. The van der Waals surface area contributed by atoms with Crippen LogP contribution in [0, 0.1) is 12.3 Å². The first kappa shape index (κ1) is 16.7. The Morgan fingerprint density at radius 2 is 2.00 bits per heavy atom. The first-order chi connectivity index (χ1) is 7.82. The summed E-state index contributed by atoms with van der Waals surface area (Å²) in [4.78, 5) is 11.7. The fourth-order valence-electron chi connectivity index (χ4n) is 1.71. The topological polar surface area (TPSA) is 72.5 Å². The SMILES string of the molecule is COC(=O)C(C)(C)[C@@H](N)c1cccc(C)c1O.Cl. The molecule has 0 saturated carbocycles. The van der Waals surface area contributed by atoms with Gasteiger partial charge in [-0.05, 0) is 26.3 Å². The highest BCUT2D eigenvalue weighted by molar-refractivity contribution is 5.85. The molecule has 0 aliphatic heterocycles. The first-order valence-corrected chi connectivity index (χ1v) is 5.44. The number of carbonyl (C=O) groups excluding carboxylic acids is 1. The van der Waals surface area contributed by atoms with Crippen molar-refractivity contribution in [3.63, 3.8) is 0 Å². The second kappa shape index (κ2) is 6.07. The van der Waals surface area contributed by atoms with Gasteiger partial charge < -0.3 is 15.6 Å². The molecule has 0 aromatic heterocycles. The number of carbonyl (C=O) groups is 1. The lowest BCUT2D eigenvalue weighted by Gasteiger charge is -2.29. The Kier molecular flexibility index (Phi) is 5.64. The van der Waals surface area contributed by atoms with Crippen molar-refractivity contribution in [2.75, 3.05) is 7.11 Å². The monoisotopic (exact) mass is 273 g/mol. The van der Waals surface area contributed by atoms with Gasteiger partial charge in [0.1, 0.15) is 5.75 Å². The predicted octanol–water partition coefficient (Wildman–Crippen LogP) is 2.32. The number of methoxy groups -OCH3 is 1. The van der Waals surface area contributed by atoms with Crippen LogP contribution in [0.1, 0.15) is 31.0 Å². The molecule has 0 unspecified atom stereocenters. The lowest BCUT2D eigenvalue weighted by Crippen LogP contribution is -2.37. The number of esters is 1. The first-order valence-electron chi connectivity index (χ1n) is 5.44. The minimum Gasteiger partial charge on any atom is -0.507 e. The average molecular weight is 274 g/mol.